The van der Waals surface area contributed by atoms with Gasteiger partial charge in [0.05, 0.1) is 11.1 Å². The van der Waals surface area contributed by atoms with E-state index < -0.39 is 18.0 Å². The zero-order valence-electron chi connectivity index (χ0n) is 14.7. The predicted molar refractivity (Wildman–Crippen MR) is 105 cm³/mol. The number of hydrogen-bond acceptors (Lipinski definition) is 4. The summed E-state index contributed by atoms with van der Waals surface area (Å²) in [6.07, 6.45) is -0.998. The number of nitrogens with one attached hydrogen (secondary N) is 1. The van der Waals surface area contributed by atoms with Crippen molar-refractivity contribution in [2.24, 2.45) is 0 Å². The van der Waals surface area contributed by atoms with E-state index >= 15 is 0 Å². The highest BCUT2D eigenvalue weighted by atomic mass is 35.5. The predicted octanol–water partition coefficient (Wildman–Crippen LogP) is 5.12. The molecule has 0 bridgehead atoms. The number of benzene rings is 2. The molecule has 3 rings (SSSR count). The van der Waals surface area contributed by atoms with Gasteiger partial charge in [-0.15, -0.1) is 11.3 Å². The van der Waals surface area contributed by atoms with Crippen molar-refractivity contribution in [2.75, 3.05) is 0 Å². The van der Waals surface area contributed by atoms with Gasteiger partial charge in [-0.3, -0.25) is 4.79 Å². The highest BCUT2D eigenvalue weighted by Gasteiger charge is 2.24. The van der Waals surface area contributed by atoms with Crippen LogP contribution >= 0.6 is 22.9 Å². The second-order valence-electron chi connectivity index (χ2n) is 6.07. The summed E-state index contributed by atoms with van der Waals surface area (Å²) in [5.41, 5.74) is 0.746. The van der Waals surface area contributed by atoms with Crippen molar-refractivity contribution in [2.45, 2.75) is 26.0 Å². The lowest BCUT2D eigenvalue weighted by Gasteiger charge is -2.18. The molecule has 0 radical (unpaired) electrons. The van der Waals surface area contributed by atoms with E-state index in [1.165, 1.54) is 30.4 Å². The van der Waals surface area contributed by atoms with Gasteiger partial charge in [-0.1, -0.05) is 41.9 Å². The molecule has 0 aliphatic rings. The SMILES string of the molecule is C[C@@H](OC(=O)c1sc2ccccc2c1Cl)C(=O)N[C@H](C)c1ccc(F)cc1. The monoisotopic (exact) mass is 405 g/mol. The topological polar surface area (TPSA) is 55.4 Å². The van der Waals surface area contributed by atoms with Crippen LogP contribution in [0.2, 0.25) is 5.02 Å². The maximum absolute atomic E-state index is 13.0. The van der Waals surface area contributed by atoms with Crippen molar-refractivity contribution in [3.05, 3.63) is 69.8 Å². The largest absolute Gasteiger partial charge is 0.448 e. The first kappa shape index (κ1) is 19.3. The highest BCUT2D eigenvalue weighted by Crippen LogP contribution is 2.35. The van der Waals surface area contributed by atoms with Crippen LogP contribution in [0, 0.1) is 5.82 Å². The number of hydrogen-bond donors (Lipinski definition) is 1. The molecule has 0 aliphatic carbocycles. The molecule has 27 heavy (non-hydrogen) atoms. The number of thiophene rings is 1. The standard InChI is InChI=1S/C20H17ClFNO3S/c1-11(13-7-9-14(22)10-8-13)23-19(24)12(2)26-20(25)18-17(21)15-5-3-4-6-16(15)27-18/h3-12H,1-2H3,(H,23,24)/t11-,12-/m1/s1. The Labute approximate surface area is 164 Å². The molecule has 3 aromatic rings. The van der Waals surface area contributed by atoms with Gasteiger partial charge in [-0.05, 0) is 37.6 Å². The first-order valence-corrected chi connectivity index (χ1v) is 9.50. The molecule has 0 aliphatic heterocycles. The number of halogens is 2. The van der Waals surface area contributed by atoms with Crippen LogP contribution in [0.4, 0.5) is 4.39 Å². The molecule has 0 spiro atoms. The van der Waals surface area contributed by atoms with Crippen molar-refractivity contribution < 1.29 is 18.7 Å². The third-order valence-electron chi connectivity index (χ3n) is 4.10. The molecule has 0 fully saturated rings. The van der Waals surface area contributed by atoms with Crippen molar-refractivity contribution in [1.82, 2.24) is 5.32 Å². The van der Waals surface area contributed by atoms with Crippen LogP contribution in [0.1, 0.15) is 35.1 Å². The summed E-state index contributed by atoms with van der Waals surface area (Å²) in [4.78, 5) is 25.0. The van der Waals surface area contributed by atoms with Gasteiger partial charge in [0.1, 0.15) is 10.7 Å². The summed E-state index contributed by atoms with van der Waals surface area (Å²) in [5.74, 6) is -1.43. The second kappa shape index (κ2) is 8.06. The Bertz CT molecular complexity index is 987. The van der Waals surface area contributed by atoms with Gasteiger partial charge in [0, 0.05) is 10.1 Å². The molecule has 1 heterocycles. The molecule has 0 unspecified atom stereocenters. The van der Waals surface area contributed by atoms with Crippen molar-refractivity contribution >= 4 is 44.9 Å². The number of fused-ring (bicyclic) bond motifs is 1. The Kier molecular flexibility index (Phi) is 5.77. The third kappa shape index (κ3) is 4.28. The Balaban J connectivity index is 1.65. The van der Waals surface area contributed by atoms with Gasteiger partial charge in [0.25, 0.3) is 5.91 Å². The van der Waals surface area contributed by atoms with E-state index in [-0.39, 0.29) is 16.7 Å². The number of rotatable bonds is 5. The van der Waals surface area contributed by atoms with E-state index in [9.17, 15) is 14.0 Å². The summed E-state index contributed by atoms with van der Waals surface area (Å²) in [6.45, 7) is 3.26. The lowest BCUT2D eigenvalue weighted by Crippen LogP contribution is -2.37. The minimum atomic E-state index is -0.998. The molecule has 2 atom stereocenters. The van der Waals surface area contributed by atoms with Gasteiger partial charge in [0.15, 0.2) is 6.10 Å². The summed E-state index contributed by atoms with van der Waals surface area (Å²) >= 11 is 7.49. The highest BCUT2D eigenvalue weighted by molar-refractivity contribution is 7.21. The Morgan fingerprint density at radius 2 is 1.78 bits per heavy atom. The Hall–Kier alpha value is -2.44. The molecular formula is C20H17ClFNO3S. The average molecular weight is 406 g/mol. The van der Waals surface area contributed by atoms with Crippen LogP contribution in [0.15, 0.2) is 48.5 Å². The van der Waals surface area contributed by atoms with Crippen LogP contribution < -0.4 is 5.32 Å². The van der Waals surface area contributed by atoms with Crippen LogP contribution in [0.5, 0.6) is 0 Å². The average Bonchev–Trinajstić information content (AvgIpc) is 2.99. The molecular weight excluding hydrogens is 389 g/mol. The minimum Gasteiger partial charge on any atom is -0.448 e. The van der Waals surface area contributed by atoms with Crippen LogP contribution in [0.3, 0.4) is 0 Å². The smallest absolute Gasteiger partial charge is 0.350 e. The van der Waals surface area contributed by atoms with Gasteiger partial charge in [-0.2, -0.15) is 0 Å². The fourth-order valence-corrected chi connectivity index (χ4v) is 3.97. The fourth-order valence-electron chi connectivity index (χ4n) is 2.58. The zero-order chi connectivity index (χ0) is 19.6. The van der Waals surface area contributed by atoms with E-state index in [2.05, 4.69) is 5.32 Å². The lowest BCUT2D eigenvalue weighted by atomic mass is 10.1. The van der Waals surface area contributed by atoms with Crippen molar-refractivity contribution in [3.63, 3.8) is 0 Å². The molecule has 1 amide bonds. The fraction of sp³-hybridized carbons (Fsp3) is 0.200. The van der Waals surface area contributed by atoms with Gasteiger partial charge in [0.2, 0.25) is 0 Å². The third-order valence-corrected chi connectivity index (χ3v) is 5.76. The van der Waals surface area contributed by atoms with E-state index in [4.69, 9.17) is 16.3 Å². The Morgan fingerprint density at radius 3 is 2.44 bits per heavy atom. The van der Waals surface area contributed by atoms with Crippen LogP contribution in [0.25, 0.3) is 10.1 Å². The van der Waals surface area contributed by atoms with E-state index in [1.54, 1.807) is 19.1 Å². The Morgan fingerprint density at radius 1 is 1.11 bits per heavy atom. The minimum absolute atomic E-state index is 0.268. The molecule has 2 aromatic carbocycles. The number of carbonyl (C=O) groups excluding carboxylic acids is 2. The molecule has 4 nitrogen and oxygen atoms in total. The molecule has 140 valence electrons. The van der Waals surface area contributed by atoms with Crippen molar-refractivity contribution in [1.29, 1.82) is 0 Å². The van der Waals surface area contributed by atoms with Gasteiger partial charge in [-0.25, -0.2) is 9.18 Å². The summed E-state index contributed by atoms with van der Waals surface area (Å²) < 4.78 is 19.2. The molecule has 1 aromatic heterocycles. The zero-order valence-corrected chi connectivity index (χ0v) is 16.2. The summed E-state index contributed by atoms with van der Waals surface area (Å²) in [7, 11) is 0. The number of ether oxygens (including phenoxy) is 1. The lowest BCUT2D eigenvalue weighted by molar-refractivity contribution is -0.129. The molecule has 1 N–H and O–H groups in total. The van der Waals surface area contributed by atoms with E-state index in [0.717, 1.165) is 15.6 Å². The normalized spacial score (nSPS) is 13.2. The van der Waals surface area contributed by atoms with Gasteiger partial charge < -0.3 is 10.1 Å². The molecule has 0 saturated heterocycles. The number of esters is 1. The van der Waals surface area contributed by atoms with Crippen molar-refractivity contribution in [3.8, 4) is 0 Å². The number of carbonyl (C=O) groups is 2. The van der Waals surface area contributed by atoms with Gasteiger partial charge >= 0.3 is 5.97 Å². The quantitative estimate of drug-likeness (QED) is 0.599. The first-order chi connectivity index (χ1) is 12.9. The summed E-state index contributed by atoms with van der Waals surface area (Å²) in [5, 5.41) is 3.85. The second-order valence-corrected chi connectivity index (χ2v) is 7.50. The first-order valence-electron chi connectivity index (χ1n) is 8.30. The van der Waals surface area contributed by atoms with Crippen LogP contribution in [-0.2, 0) is 9.53 Å². The maximum Gasteiger partial charge on any atom is 0.350 e. The summed E-state index contributed by atoms with van der Waals surface area (Å²) in [6, 6.07) is 12.9. The molecule has 0 saturated carbocycles. The van der Waals surface area contributed by atoms with E-state index in [0.29, 0.717) is 5.02 Å². The maximum atomic E-state index is 13.0. The molecule has 7 heteroatoms. The van der Waals surface area contributed by atoms with Crippen LogP contribution in [-0.4, -0.2) is 18.0 Å². The van der Waals surface area contributed by atoms with E-state index in [1.807, 2.05) is 24.3 Å². The number of amides is 1.